The van der Waals surface area contributed by atoms with Crippen molar-refractivity contribution < 1.29 is 0 Å². The average Bonchev–Trinajstić information content (AvgIpc) is 2.21. The van der Waals surface area contributed by atoms with Gasteiger partial charge in [0.15, 0.2) is 0 Å². The number of hydrogen-bond acceptors (Lipinski definition) is 2. The van der Waals surface area contributed by atoms with Gasteiger partial charge in [-0.1, -0.05) is 34.5 Å². The molecule has 0 heterocycles. The first-order chi connectivity index (χ1) is 7.93. The van der Waals surface area contributed by atoms with Crippen molar-refractivity contribution in [3.05, 3.63) is 28.2 Å². The van der Waals surface area contributed by atoms with Crippen molar-refractivity contribution in [2.45, 2.75) is 39.8 Å². The smallest absolute Gasteiger partial charge is 0.125 e. The van der Waals surface area contributed by atoms with Crippen LogP contribution in [-0.2, 0) is 0 Å². The van der Waals surface area contributed by atoms with Crippen LogP contribution in [0.2, 0.25) is 10.0 Å². The van der Waals surface area contributed by atoms with Crippen LogP contribution < -0.4 is 0 Å². The SMILES string of the molecule is CC(C)N(N=Nc1c(Cl)cccc1Cl)C(C)C. The van der Waals surface area contributed by atoms with Crippen LogP contribution in [0.5, 0.6) is 0 Å². The first kappa shape index (κ1) is 14.3. The zero-order valence-electron chi connectivity index (χ0n) is 10.5. The highest BCUT2D eigenvalue weighted by Gasteiger charge is 2.11. The standard InChI is InChI=1S/C12H17Cl2N3/c1-8(2)17(9(3)4)16-15-12-10(13)6-5-7-11(12)14/h5-9H,1-4H3. The minimum Gasteiger partial charge on any atom is -0.273 e. The highest BCUT2D eigenvalue weighted by atomic mass is 35.5. The maximum atomic E-state index is 6.02. The normalized spacial score (nSPS) is 11.8. The second-order valence-corrected chi connectivity index (χ2v) is 5.14. The number of hydrogen-bond donors (Lipinski definition) is 0. The zero-order valence-corrected chi connectivity index (χ0v) is 12.0. The maximum Gasteiger partial charge on any atom is 0.125 e. The fourth-order valence-corrected chi connectivity index (χ4v) is 1.96. The van der Waals surface area contributed by atoms with E-state index in [-0.39, 0.29) is 12.1 Å². The van der Waals surface area contributed by atoms with Crippen molar-refractivity contribution in [2.24, 2.45) is 10.3 Å². The largest absolute Gasteiger partial charge is 0.273 e. The van der Waals surface area contributed by atoms with Gasteiger partial charge in [-0.3, -0.25) is 5.01 Å². The topological polar surface area (TPSA) is 28.0 Å². The Morgan fingerprint density at radius 2 is 1.47 bits per heavy atom. The van der Waals surface area contributed by atoms with Crippen LogP contribution >= 0.6 is 23.2 Å². The van der Waals surface area contributed by atoms with E-state index in [1.54, 1.807) is 18.2 Å². The Hall–Kier alpha value is -0.800. The summed E-state index contributed by atoms with van der Waals surface area (Å²) in [6, 6.07) is 5.83. The van der Waals surface area contributed by atoms with E-state index in [1.807, 2.05) is 5.01 Å². The van der Waals surface area contributed by atoms with Crippen LogP contribution in [0.4, 0.5) is 5.69 Å². The van der Waals surface area contributed by atoms with Gasteiger partial charge in [0, 0.05) is 12.1 Å². The number of benzene rings is 1. The molecule has 0 N–H and O–H groups in total. The van der Waals surface area contributed by atoms with E-state index in [4.69, 9.17) is 23.2 Å². The molecule has 0 aliphatic rings. The molecule has 1 aromatic rings. The van der Waals surface area contributed by atoms with Crippen LogP contribution in [0.1, 0.15) is 27.7 Å². The fourth-order valence-electron chi connectivity index (χ4n) is 1.48. The molecule has 0 radical (unpaired) electrons. The first-order valence-corrected chi connectivity index (χ1v) is 6.33. The lowest BCUT2D eigenvalue weighted by atomic mass is 10.3. The maximum absolute atomic E-state index is 6.02. The third-order valence-electron chi connectivity index (χ3n) is 2.24. The number of nitrogens with zero attached hydrogens (tertiary/aromatic N) is 3. The van der Waals surface area contributed by atoms with Gasteiger partial charge >= 0.3 is 0 Å². The molecule has 0 bridgehead atoms. The van der Waals surface area contributed by atoms with Gasteiger partial charge in [-0.05, 0) is 39.8 Å². The van der Waals surface area contributed by atoms with E-state index < -0.39 is 0 Å². The summed E-state index contributed by atoms with van der Waals surface area (Å²) >= 11 is 12.0. The van der Waals surface area contributed by atoms with Gasteiger partial charge in [0.25, 0.3) is 0 Å². The van der Waals surface area contributed by atoms with Gasteiger partial charge in [-0.2, -0.15) is 0 Å². The second-order valence-electron chi connectivity index (χ2n) is 4.33. The molecular formula is C12H17Cl2N3. The summed E-state index contributed by atoms with van der Waals surface area (Å²) in [5, 5.41) is 11.3. The summed E-state index contributed by atoms with van der Waals surface area (Å²) < 4.78 is 0. The molecule has 0 atom stereocenters. The van der Waals surface area contributed by atoms with Gasteiger partial charge in [0.1, 0.15) is 5.69 Å². The molecule has 3 nitrogen and oxygen atoms in total. The minimum atomic E-state index is 0.278. The molecule has 94 valence electrons. The third-order valence-corrected chi connectivity index (χ3v) is 2.85. The van der Waals surface area contributed by atoms with Crippen molar-refractivity contribution >= 4 is 28.9 Å². The number of halogens is 2. The summed E-state index contributed by atoms with van der Waals surface area (Å²) in [7, 11) is 0. The Morgan fingerprint density at radius 1 is 1.00 bits per heavy atom. The highest BCUT2D eigenvalue weighted by molar-refractivity contribution is 6.38. The monoisotopic (exact) mass is 273 g/mol. The molecule has 0 aliphatic heterocycles. The summed E-state index contributed by atoms with van der Waals surface area (Å²) in [4.78, 5) is 0. The Morgan fingerprint density at radius 3 is 1.88 bits per heavy atom. The average molecular weight is 274 g/mol. The quantitative estimate of drug-likeness (QED) is 0.553. The molecule has 0 spiro atoms. The molecule has 0 saturated heterocycles. The Bertz CT molecular complexity index is 374. The Labute approximate surface area is 112 Å². The lowest BCUT2D eigenvalue weighted by Crippen LogP contribution is -2.31. The van der Waals surface area contributed by atoms with Crippen LogP contribution in [0.15, 0.2) is 28.5 Å². The Balaban J connectivity index is 2.96. The zero-order chi connectivity index (χ0) is 13.0. The van der Waals surface area contributed by atoms with E-state index >= 15 is 0 Å². The number of rotatable bonds is 4. The van der Waals surface area contributed by atoms with Gasteiger partial charge in [0.05, 0.1) is 10.0 Å². The van der Waals surface area contributed by atoms with E-state index in [0.717, 1.165) is 0 Å². The van der Waals surface area contributed by atoms with Crippen molar-refractivity contribution in [2.75, 3.05) is 0 Å². The van der Waals surface area contributed by atoms with E-state index in [2.05, 4.69) is 38.0 Å². The predicted octanol–water partition coefficient (Wildman–Crippen LogP) is 5.11. The highest BCUT2D eigenvalue weighted by Crippen LogP contribution is 2.33. The lowest BCUT2D eigenvalue weighted by Gasteiger charge is -2.25. The predicted molar refractivity (Wildman–Crippen MR) is 73.1 cm³/mol. The summed E-state index contributed by atoms with van der Waals surface area (Å²) in [5.41, 5.74) is 0.516. The van der Waals surface area contributed by atoms with E-state index in [0.29, 0.717) is 15.7 Å². The lowest BCUT2D eigenvalue weighted by molar-refractivity contribution is 0.169. The summed E-state index contributed by atoms with van der Waals surface area (Å²) in [5.74, 6) is 0. The van der Waals surface area contributed by atoms with Gasteiger partial charge < -0.3 is 0 Å². The molecule has 5 heteroatoms. The van der Waals surface area contributed by atoms with E-state index in [9.17, 15) is 0 Å². The van der Waals surface area contributed by atoms with Crippen LogP contribution in [0, 0.1) is 0 Å². The Kier molecular flexibility index (Phi) is 5.22. The molecule has 0 aromatic heterocycles. The summed E-state index contributed by atoms with van der Waals surface area (Å²) in [6.45, 7) is 8.25. The fraction of sp³-hybridized carbons (Fsp3) is 0.500. The molecule has 0 saturated carbocycles. The second kappa shape index (κ2) is 6.22. The molecule has 0 aliphatic carbocycles. The van der Waals surface area contributed by atoms with Gasteiger partial charge in [-0.25, -0.2) is 0 Å². The van der Waals surface area contributed by atoms with Crippen molar-refractivity contribution in [1.82, 2.24) is 5.01 Å². The molecule has 0 amide bonds. The molecule has 17 heavy (non-hydrogen) atoms. The van der Waals surface area contributed by atoms with Gasteiger partial charge in [0.2, 0.25) is 0 Å². The molecule has 1 rings (SSSR count). The molecular weight excluding hydrogens is 257 g/mol. The van der Waals surface area contributed by atoms with Crippen molar-refractivity contribution in [3.8, 4) is 0 Å². The molecule has 0 fully saturated rings. The third kappa shape index (κ3) is 3.86. The van der Waals surface area contributed by atoms with E-state index in [1.165, 1.54) is 0 Å². The van der Waals surface area contributed by atoms with Crippen LogP contribution in [0.3, 0.4) is 0 Å². The molecule has 1 aromatic carbocycles. The summed E-state index contributed by atoms with van der Waals surface area (Å²) in [6.07, 6.45) is 0. The minimum absolute atomic E-state index is 0.278. The first-order valence-electron chi connectivity index (χ1n) is 5.57. The van der Waals surface area contributed by atoms with Crippen molar-refractivity contribution in [3.63, 3.8) is 0 Å². The van der Waals surface area contributed by atoms with Crippen LogP contribution in [0.25, 0.3) is 0 Å². The van der Waals surface area contributed by atoms with Crippen molar-refractivity contribution in [1.29, 1.82) is 0 Å². The van der Waals surface area contributed by atoms with Crippen LogP contribution in [-0.4, -0.2) is 17.1 Å². The van der Waals surface area contributed by atoms with Gasteiger partial charge in [-0.15, -0.1) is 5.11 Å². The molecule has 0 unspecified atom stereocenters.